The van der Waals surface area contributed by atoms with Gasteiger partial charge in [-0.3, -0.25) is 0 Å². The number of hydrogen-bond acceptors (Lipinski definition) is 3. The second kappa shape index (κ2) is 7.00. The fraction of sp³-hybridized carbons (Fsp3) is 0.105. The zero-order chi connectivity index (χ0) is 16.2. The largest absolute Gasteiger partial charge is 0.488 e. The molecule has 0 aliphatic rings. The molecule has 0 fully saturated rings. The Balaban J connectivity index is 1.94. The Morgan fingerprint density at radius 1 is 0.957 bits per heavy atom. The minimum absolute atomic E-state index is 0.329. The molecule has 3 nitrogen and oxygen atoms in total. The van der Waals surface area contributed by atoms with Crippen LogP contribution in [0.1, 0.15) is 15.9 Å². The van der Waals surface area contributed by atoms with E-state index in [2.05, 4.69) is 22.6 Å². The summed E-state index contributed by atoms with van der Waals surface area (Å²) in [5.74, 6) is 0.480. The van der Waals surface area contributed by atoms with E-state index in [-0.39, 0.29) is 5.97 Å². The van der Waals surface area contributed by atoms with Gasteiger partial charge in [-0.1, -0.05) is 42.5 Å². The molecular weight excluding hydrogens is 403 g/mol. The fourth-order valence-corrected chi connectivity index (χ4v) is 3.24. The van der Waals surface area contributed by atoms with Crippen molar-refractivity contribution in [2.75, 3.05) is 7.11 Å². The van der Waals surface area contributed by atoms with Gasteiger partial charge in [0.25, 0.3) is 0 Å². The molecule has 4 heteroatoms. The Morgan fingerprint density at radius 2 is 1.74 bits per heavy atom. The van der Waals surface area contributed by atoms with Crippen LogP contribution >= 0.6 is 22.6 Å². The summed E-state index contributed by atoms with van der Waals surface area (Å²) in [5, 5.41) is 1.86. The van der Waals surface area contributed by atoms with E-state index in [9.17, 15) is 4.79 Å². The van der Waals surface area contributed by atoms with Crippen LogP contribution in [-0.4, -0.2) is 13.1 Å². The molecule has 0 aliphatic carbocycles. The van der Waals surface area contributed by atoms with Crippen LogP contribution in [0.5, 0.6) is 5.75 Å². The van der Waals surface area contributed by atoms with E-state index in [1.54, 1.807) is 6.07 Å². The molecule has 3 aromatic rings. The van der Waals surface area contributed by atoms with Crippen molar-refractivity contribution in [3.63, 3.8) is 0 Å². The summed E-state index contributed by atoms with van der Waals surface area (Å²) in [6.07, 6.45) is 0. The Hall–Kier alpha value is -2.08. The normalized spacial score (nSPS) is 10.5. The minimum Gasteiger partial charge on any atom is -0.488 e. The van der Waals surface area contributed by atoms with E-state index >= 15 is 0 Å². The van der Waals surface area contributed by atoms with Gasteiger partial charge < -0.3 is 9.47 Å². The van der Waals surface area contributed by atoms with Crippen LogP contribution < -0.4 is 4.74 Å². The lowest BCUT2D eigenvalue weighted by atomic mass is 10.0. The van der Waals surface area contributed by atoms with Gasteiger partial charge in [-0.25, -0.2) is 4.79 Å². The third kappa shape index (κ3) is 3.32. The highest BCUT2D eigenvalue weighted by atomic mass is 127. The number of benzene rings is 3. The molecule has 0 atom stereocenters. The van der Waals surface area contributed by atoms with Crippen molar-refractivity contribution >= 4 is 39.3 Å². The summed E-state index contributed by atoms with van der Waals surface area (Å²) in [6.45, 7) is 0.513. The molecule has 23 heavy (non-hydrogen) atoms. The van der Waals surface area contributed by atoms with Gasteiger partial charge in [0.2, 0.25) is 0 Å². The van der Waals surface area contributed by atoms with Crippen molar-refractivity contribution in [1.29, 1.82) is 0 Å². The van der Waals surface area contributed by atoms with E-state index < -0.39 is 0 Å². The highest BCUT2D eigenvalue weighted by Gasteiger charge is 2.13. The fourth-order valence-electron chi connectivity index (χ4n) is 2.44. The van der Waals surface area contributed by atoms with Crippen LogP contribution in [0.25, 0.3) is 10.8 Å². The smallest absolute Gasteiger partial charge is 0.338 e. The van der Waals surface area contributed by atoms with Crippen LogP contribution in [0, 0.1) is 3.57 Å². The molecular formula is C19H15IO3. The van der Waals surface area contributed by atoms with Gasteiger partial charge in [-0.2, -0.15) is 0 Å². The van der Waals surface area contributed by atoms with E-state index in [0.29, 0.717) is 12.2 Å². The molecule has 3 aromatic carbocycles. The molecule has 0 spiro atoms. The average molecular weight is 418 g/mol. The Labute approximate surface area is 148 Å². The number of rotatable bonds is 4. The SMILES string of the molecule is COC(=O)c1cccc2c(I)c(OCc3ccccc3)ccc12. The first-order valence-electron chi connectivity index (χ1n) is 7.17. The zero-order valence-corrected chi connectivity index (χ0v) is 14.7. The van der Waals surface area contributed by atoms with Gasteiger partial charge in [0.1, 0.15) is 12.4 Å². The van der Waals surface area contributed by atoms with Crippen LogP contribution in [0.3, 0.4) is 0 Å². The Kier molecular flexibility index (Phi) is 4.81. The molecule has 3 rings (SSSR count). The molecule has 0 unspecified atom stereocenters. The van der Waals surface area contributed by atoms with Gasteiger partial charge >= 0.3 is 5.97 Å². The molecule has 0 radical (unpaired) electrons. The predicted molar refractivity (Wildman–Crippen MR) is 98.8 cm³/mol. The molecule has 0 aliphatic heterocycles. The minimum atomic E-state index is -0.329. The highest BCUT2D eigenvalue weighted by molar-refractivity contribution is 14.1. The van der Waals surface area contributed by atoms with Gasteiger partial charge in [0.15, 0.2) is 0 Å². The van der Waals surface area contributed by atoms with Crippen molar-refractivity contribution in [3.05, 3.63) is 75.4 Å². The van der Waals surface area contributed by atoms with Crippen molar-refractivity contribution in [2.24, 2.45) is 0 Å². The number of fused-ring (bicyclic) bond motifs is 1. The van der Waals surface area contributed by atoms with Crippen LogP contribution in [0.2, 0.25) is 0 Å². The van der Waals surface area contributed by atoms with Crippen molar-refractivity contribution in [1.82, 2.24) is 0 Å². The monoisotopic (exact) mass is 418 g/mol. The lowest BCUT2D eigenvalue weighted by Crippen LogP contribution is -2.03. The molecule has 116 valence electrons. The number of methoxy groups -OCH3 is 1. The molecule has 0 amide bonds. The van der Waals surface area contributed by atoms with E-state index in [4.69, 9.17) is 9.47 Å². The number of ether oxygens (including phenoxy) is 2. The predicted octanol–water partition coefficient (Wildman–Crippen LogP) is 4.81. The summed E-state index contributed by atoms with van der Waals surface area (Å²) in [5.41, 5.74) is 1.68. The topological polar surface area (TPSA) is 35.5 Å². The number of esters is 1. The highest BCUT2D eigenvalue weighted by Crippen LogP contribution is 2.32. The van der Waals surface area contributed by atoms with Crippen LogP contribution in [-0.2, 0) is 11.3 Å². The maximum absolute atomic E-state index is 11.9. The number of carbonyl (C=O) groups is 1. The molecule has 0 N–H and O–H groups in total. The van der Waals surface area contributed by atoms with Gasteiger partial charge in [-0.05, 0) is 57.1 Å². The lowest BCUT2D eigenvalue weighted by Gasteiger charge is -2.12. The number of halogens is 1. The zero-order valence-electron chi connectivity index (χ0n) is 12.6. The molecule has 0 bridgehead atoms. The van der Waals surface area contributed by atoms with Crippen molar-refractivity contribution < 1.29 is 14.3 Å². The Bertz CT molecular complexity index is 844. The first kappa shape index (κ1) is 15.8. The van der Waals surface area contributed by atoms with Crippen molar-refractivity contribution in [3.8, 4) is 5.75 Å². The van der Waals surface area contributed by atoms with Crippen LogP contribution in [0.4, 0.5) is 0 Å². The second-order valence-electron chi connectivity index (χ2n) is 5.04. The third-order valence-corrected chi connectivity index (χ3v) is 4.72. The van der Waals surface area contributed by atoms with Crippen molar-refractivity contribution in [2.45, 2.75) is 6.61 Å². The van der Waals surface area contributed by atoms with Gasteiger partial charge in [0.05, 0.1) is 16.2 Å². The van der Waals surface area contributed by atoms with Crippen LogP contribution in [0.15, 0.2) is 60.7 Å². The lowest BCUT2D eigenvalue weighted by molar-refractivity contribution is 0.0603. The Morgan fingerprint density at radius 3 is 2.48 bits per heavy atom. The maximum atomic E-state index is 11.9. The summed E-state index contributed by atoms with van der Waals surface area (Å²) in [6, 6.07) is 19.5. The first-order chi connectivity index (χ1) is 11.2. The van der Waals surface area contributed by atoms with E-state index in [0.717, 1.165) is 25.7 Å². The maximum Gasteiger partial charge on any atom is 0.338 e. The molecule has 0 aromatic heterocycles. The second-order valence-corrected chi connectivity index (χ2v) is 6.12. The quantitative estimate of drug-likeness (QED) is 0.451. The van der Waals surface area contributed by atoms with Gasteiger partial charge in [-0.15, -0.1) is 0 Å². The number of hydrogen-bond donors (Lipinski definition) is 0. The standard InChI is InChI=1S/C19H15IO3/c1-22-19(21)16-9-5-8-15-14(16)10-11-17(18(15)20)23-12-13-6-3-2-4-7-13/h2-11H,12H2,1H3. The first-order valence-corrected chi connectivity index (χ1v) is 8.25. The van der Waals surface area contributed by atoms with E-state index in [1.165, 1.54) is 7.11 Å². The van der Waals surface area contributed by atoms with Gasteiger partial charge in [0, 0.05) is 0 Å². The van der Waals surface area contributed by atoms with E-state index in [1.807, 2.05) is 54.6 Å². The average Bonchev–Trinajstić information content (AvgIpc) is 2.61. The summed E-state index contributed by atoms with van der Waals surface area (Å²) < 4.78 is 11.8. The molecule has 0 saturated carbocycles. The molecule has 0 saturated heterocycles. The summed E-state index contributed by atoms with van der Waals surface area (Å²) >= 11 is 2.26. The third-order valence-electron chi connectivity index (χ3n) is 3.60. The number of carbonyl (C=O) groups excluding carboxylic acids is 1. The summed E-state index contributed by atoms with van der Waals surface area (Å²) in [7, 11) is 1.39. The molecule has 0 heterocycles. The summed E-state index contributed by atoms with van der Waals surface area (Å²) in [4.78, 5) is 11.9.